The molecule has 2 atom stereocenters. The van der Waals surface area contributed by atoms with Crippen LogP contribution >= 0.6 is 0 Å². The molecule has 0 aliphatic heterocycles. The van der Waals surface area contributed by atoms with E-state index >= 15 is 0 Å². The lowest BCUT2D eigenvalue weighted by Crippen LogP contribution is -2.29. The van der Waals surface area contributed by atoms with Gasteiger partial charge in [0.1, 0.15) is 0 Å². The first-order chi connectivity index (χ1) is 33.3. The van der Waals surface area contributed by atoms with Crippen LogP contribution in [0.3, 0.4) is 0 Å². The molecule has 0 bridgehead atoms. The maximum Gasteiger partial charge on any atom is 0.0726 e. The summed E-state index contributed by atoms with van der Waals surface area (Å²) in [7, 11) is 0. The van der Waals surface area contributed by atoms with Crippen molar-refractivity contribution in [3.05, 3.63) is 292 Å². The average Bonchev–Trinajstić information content (AvgIpc) is 3.97. The SMILES string of the molecule is Cc1ccc(C2(c3ccccc3)c3ccccc3-c3ccc(N(c4cccc(-c5ccccc5)c4)c4ccc5c(c4)C4(c6ccccc6-5)c5ccccc5-c5ccc(C(C)(C)C)cc54)cc32)cc1. The van der Waals surface area contributed by atoms with Gasteiger partial charge >= 0.3 is 0 Å². The second kappa shape index (κ2) is 15.0. The lowest BCUT2D eigenvalue weighted by Gasteiger charge is -2.35. The molecule has 0 heterocycles. The lowest BCUT2D eigenvalue weighted by atomic mass is 9.67. The molecule has 3 aliphatic carbocycles. The van der Waals surface area contributed by atoms with E-state index in [0.717, 1.165) is 17.1 Å². The van der Waals surface area contributed by atoms with Gasteiger partial charge in [0.05, 0.1) is 10.8 Å². The largest absolute Gasteiger partial charge is 0.310 e. The standard InChI is InChI=1S/C67H51N/c1-44-30-32-48(33-31-44)66(47-21-9-6-10-22-47)59-27-14-11-24-53(59)57-38-35-51(42-63(57)66)68(50-23-17-20-46(40-50)45-18-7-5-8-19-45)52-36-39-58-55-26-13-16-29-61(55)67(64(58)43-52)60-28-15-12-25-54(60)56-37-34-49(41-62(56)67)65(2,3)4/h5-43H,1-4H3. The Kier molecular flexibility index (Phi) is 8.89. The molecule has 0 fully saturated rings. The number of aryl methyl sites for hydroxylation is 1. The zero-order valence-corrected chi connectivity index (χ0v) is 39.0. The van der Waals surface area contributed by atoms with Crippen molar-refractivity contribution < 1.29 is 0 Å². The van der Waals surface area contributed by atoms with Crippen molar-refractivity contribution in [3.8, 4) is 44.5 Å². The minimum atomic E-state index is -0.542. The van der Waals surface area contributed by atoms with Crippen molar-refractivity contribution in [2.24, 2.45) is 0 Å². The second-order valence-corrected chi connectivity index (χ2v) is 20.1. The van der Waals surface area contributed by atoms with Crippen LogP contribution in [0.1, 0.15) is 76.4 Å². The Balaban J connectivity index is 1.10. The predicted molar refractivity (Wildman–Crippen MR) is 284 cm³/mol. The van der Waals surface area contributed by atoms with Crippen LogP contribution < -0.4 is 4.90 Å². The molecule has 0 saturated heterocycles. The molecule has 13 rings (SSSR count). The van der Waals surface area contributed by atoms with Gasteiger partial charge in [-0.05, 0) is 143 Å². The first-order valence-corrected chi connectivity index (χ1v) is 24.1. The summed E-state index contributed by atoms with van der Waals surface area (Å²) in [5.74, 6) is 0. The third kappa shape index (κ3) is 5.69. The van der Waals surface area contributed by atoms with Crippen LogP contribution in [0, 0.1) is 6.92 Å². The van der Waals surface area contributed by atoms with E-state index < -0.39 is 10.8 Å². The third-order valence-corrected chi connectivity index (χ3v) is 15.4. The molecule has 0 radical (unpaired) electrons. The molecule has 1 spiro atoms. The number of anilines is 3. The van der Waals surface area contributed by atoms with Gasteiger partial charge in [0, 0.05) is 17.1 Å². The molecule has 1 heteroatoms. The van der Waals surface area contributed by atoms with Gasteiger partial charge in [0.15, 0.2) is 0 Å². The predicted octanol–water partition coefficient (Wildman–Crippen LogP) is 17.1. The monoisotopic (exact) mass is 869 g/mol. The van der Waals surface area contributed by atoms with Gasteiger partial charge in [-0.3, -0.25) is 0 Å². The Bertz CT molecular complexity index is 3600. The van der Waals surface area contributed by atoms with Gasteiger partial charge in [-0.15, -0.1) is 0 Å². The first-order valence-electron chi connectivity index (χ1n) is 24.1. The van der Waals surface area contributed by atoms with Gasteiger partial charge in [-0.2, -0.15) is 0 Å². The summed E-state index contributed by atoms with van der Waals surface area (Å²) in [6.45, 7) is 9.18. The molecule has 0 N–H and O–H groups in total. The Morgan fingerprint density at radius 3 is 1.31 bits per heavy atom. The molecule has 0 amide bonds. The Morgan fingerprint density at radius 1 is 0.309 bits per heavy atom. The Labute approximate surface area is 400 Å². The fourth-order valence-electron chi connectivity index (χ4n) is 12.3. The van der Waals surface area contributed by atoms with E-state index in [2.05, 4.69) is 269 Å². The van der Waals surface area contributed by atoms with Gasteiger partial charge in [-0.1, -0.05) is 227 Å². The molecular formula is C67H51N. The molecule has 10 aromatic rings. The van der Waals surface area contributed by atoms with Crippen LogP contribution in [0.4, 0.5) is 17.1 Å². The maximum atomic E-state index is 2.53. The van der Waals surface area contributed by atoms with E-state index in [0.29, 0.717) is 0 Å². The molecule has 2 unspecified atom stereocenters. The van der Waals surface area contributed by atoms with Crippen molar-refractivity contribution >= 4 is 17.1 Å². The number of hydrogen-bond donors (Lipinski definition) is 0. The summed E-state index contributed by atoms with van der Waals surface area (Å²) in [5.41, 5.74) is 25.5. The van der Waals surface area contributed by atoms with Gasteiger partial charge in [0.25, 0.3) is 0 Å². The van der Waals surface area contributed by atoms with Crippen molar-refractivity contribution in [1.82, 2.24) is 0 Å². The van der Waals surface area contributed by atoms with Gasteiger partial charge in [-0.25, -0.2) is 0 Å². The molecular weight excluding hydrogens is 819 g/mol. The zero-order valence-electron chi connectivity index (χ0n) is 39.0. The van der Waals surface area contributed by atoms with Crippen LogP contribution in [0.2, 0.25) is 0 Å². The number of fused-ring (bicyclic) bond motifs is 13. The lowest BCUT2D eigenvalue weighted by molar-refractivity contribution is 0.588. The number of rotatable bonds is 6. The highest BCUT2D eigenvalue weighted by molar-refractivity contribution is 5.97. The van der Waals surface area contributed by atoms with Crippen molar-refractivity contribution in [3.63, 3.8) is 0 Å². The molecule has 68 heavy (non-hydrogen) atoms. The second-order valence-electron chi connectivity index (χ2n) is 20.1. The van der Waals surface area contributed by atoms with Gasteiger partial charge < -0.3 is 4.90 Å². The highest BCUT2D eigenvalue weighted by Gasteiger charge is 2.52. The minimum absolute atomic E-state index is 0.0187. The summed E-state index contributed by atoms with van der Waals surface area (Å²) in [5, 5.41) is 0. The van der Waals surface area contributed by atoms with Crippen molar-refractivity contribution in [1.29, 1.82) is 0 Å². The highest BCUT2D eigenvalue weighted by Crippen LogP contribution is 2.64. The van der Waals surface area contributed by atoms with E-state index in [1.165, 1.54) is 100 Å². The third-order valence-electron chi connectivity index (χ3n) is 15.4. The molecule has 3 aliphatic rings. The van der Waals surface area contributed by atoms with Crippen molar-refractivity contribution in [2.75, 3.05) is 4.90 Å². The fraction of sp³-hybridized carbons (Fsp3) is 0.104. The number of hydrogen-bond acceptors (Lipinski definition) is 1. The molecule has 0 saturated carbocycles. The summed E-state index contributed by atoms with van der Waals surface area (Å²) in [6.07, 6.45) is 0. The number of benzene rings is 10. The van der Waals surface area contributed by atoms with Crippen LogP contribution in [0.15, 0.2) is 237 Å². The molecule has 10 aromatic carbocycles. The van der Waals surface area contributed by atoms with E-state index in [1.54, 1.807) is 0 Å². The normalized spacial score (nSPS) is 16.9. The molecule has 324 valence electrons. The summed E-state index contributed by atoms with van der Waals surface area (Å²) >= 11 is 0. The van der Waals surface area contributed by atoms with E-state index in [-0.39, 0.29) is 5.41 Å². The molecule has 1 nitrogen and oxygen atoms in total. The minimum Gasteiger partial charge on any atom is -0.310 e. The van der Waals surface area contributed by atoms with Crippen LogP contribution in [0.25, 0.3) is 44.5 Å². The van der Waals surface area contributed by atoms with Gasteiger partial charge in [0.2, 0.25) is 0 Å². The smallest absolute Gasteiger partial charge is 0.0726 e. The van der Waals surface area contributed by atoms with Crippen LogP contribution in [-0.2, 0) is 16.2 Å². The quantitative estimate of drug-likeness (QED) is 0.161. The highest BCUT2D eigenvalue weighted by atomic mass is 15.1. The number of nitrogens with zero attached hydrogens (tertiary/aromatic N) is 1. The summed E-state index contributed by atoms with van der Waals surface area (Å²) in [4.78, 5) is 2.52. The van der Waals surface area contributed by atoms with E-state index in [4.69, 9.17) is 0 Å². The average molecular weight is 870 g/mol. The van der Waals surface area contributed by atoms with E-state index in [9.17, 15) is 0 Å². The summed E-state index contributed by atoms with van der Waals surface area (Å²) < 4.78 is 0. The van der Waals surface area contributed by atoms with Crippen LogP contribution in [0.5, 0.6) is 0 Å². The zero-order chi connectivity index (χ0) is 45.8. The topological polar surface area (TPSA) is 3.24 Å². The van der Waals surface area contributed by atoms with Crippen molar-refractivity contribution in [2.45, 2.75) is 43.9 Å². The maximum absolute atomic E-state index is 2.53. The Morgan fingerprint density at radius 2 is 0.735 bits per heavy atom. The first kappa shape index (κ1) is 40.3. The summed E-state index contributed by atoms with van der Waals surface area (Å²) in [6, 6.07) is 89.5. The fourth-order valence-corrected chi connectivity index (χ4v) is 12.3. The van der Waals surface area contributed by atoms with Crippen LogP contribution in [-0.4, -0.2) is 0 Å². The van der Waals surface area contributed by atoms with E-state index in [1.807, 2.05) is 0 Å². The Hall–Kier alpha value is -8.00. The molecule has 0 aromatic heterocycles.